The first-order valence-electron chi connectivity index (χ1n) is 9.46. The van der Waals surface area contributed by atoms with Crippen molar-refractivity contribution >= 4 is 16.7 Å². The van der Waals surface area contributed by atoms with Crippen molar-refractivity contribution in [3.63, 3.8) is 0 Å². The number of benzene rings is 4. The maximum absolute atomic E-state index is 13.0. The Hall–Kier alpha value is -3.86. The van der Waals surface area contributed by atoms with E-state index in [1.807, 2.05) is 54.6 Å². The molecule has 30 heavy (non-hydrogen) atoms. The largest absolute Gasteiger partial charge is 0.479 e. The van der Waals surface area contributed by atoms with Gasteiger partial charge in [0, 0.05) is 0 Å². The molecule has 0 unspecified atom stereocenters. The van der Waals surface area contributed by atoms with Crippen molar-refractivity contribution in [2.24, 2.45) is 0 Å². The Morgan fingerprint density at radius 1 is 0.867 bits per heavy atom. The molecule has 4 rings (SSSR count). The van der Waals surface area contributed by atoms with Gasteiger partial charge in [-0.15, -0.1) is 0 Å². The van der Waals surface area contributed by atoms with E-state index in [0.717, 1.165) is 21.9 Å². The summed E-state index contributed by atoms with van der Waals surface area (Å²) in [7, 11) is 0. The van der Waals surface area contributed by atoms with E-state index in [-0.39, 0.29) is 5.82 Å². The molecule has 4 nitrogen and oxygen atoms in total. The number of hydrogen-bond acceptors (Lipinski definition) is 3. The maximum atomic E-state index is 13.0. The van der Waals surface area contributed by atoms with Crippen molar-refractivity contribution in [1.29, 1.82) is 0 Å². The molecular formula is C25H19FO4. The lowest BCUT2D eigenvalue weighted by Crippen LogP contribution is -2.22. The zero-order valence-corrected chi connectivity index (χ0v) is 16.2. The van der Waals surface area contributed by atoms with Crippen LogP contribution in [0.3, 0.4) is 0 Å². The molecule has 0 radical (unpaired) electrons. The number of rotatable bonds is 6. The van der Waals surface area contributed by atoms with Crippen LogP contribution in [0.5, 0.6) is 17.2 Å². The SMILES string of the molecule is C[C@@H](Oc1ccc2cccc(-c3ccc(Oc4ccc(F)cc4)cc3)c2c1)C(=O)O. The Morgan fingerprint density at radius 2 is 1.50 bits per heavy atom. The monoisotopic (exact) mass is 402 g/mol. The van der Waals surface area contributed by atoms with Gasteiger partial charge < -0.3 is 14.6 Å². The lowest BCUT2D eigenvalue weighted by Gasteiger charge is -2.13. The van der Waals surface area contributed by atoms with Gasteiger partial charge >= 0.3 is 5.97 Å². The van der Waals surface area contributed by atoms with Crippen molar-refractivity contribution in [3.05, 3.63) is 90.7 Å². The predicted molar refractivity (Wildman–Crippen MR) is 114 cm³/mol. The highest BCUT2D eigenvalue weighted by Crippen LogP contribution is 2.33. The second-order valence-electron chi connectivity index (χ2n) is 6.87. The zero-order chi connectivity index (χ0) is 21.1. The first-order chi connectivity index (χ1) is 14.5. The van der Waals surface area contributed by atoms with Gasteiger partial charge in [-0.25, -0.2) is 9.18 Å². The number of aliphatic carboxylic acids is 1. The van der Waals surface area contributed by atoms with Crippen LogP contribution in [-0.2, 0) is 4.79 Å². The summed E-state index contributed by atoms with van der Waals surface area (Å²) in [5, 5.41) is 11.1. The third kappa shape index (κ3) is 4.25. The Balaban J connectivity index is 1.63. The second-order valence-corrected chi connectivity index (χ2v) is 6.87. The minimum atomic E-state index is -1.01. The van der Waals surface area contributed by atoms with E-state index in [1.54, 1.807) is 18.2 Å². The number of halogens is 1. The quantitative estimate of drug-likeness (QED) is 0.412. The molecular weight excluding hydrogens is 383 g/mol. The van der Waals surface area contributed by atoms with E-state index in [0.29, 0.717) is 17.2 Å². The summed E-state index contributed by atoms with van der Waals surface area (Å²) in [5.41, 5.74) is 1.98. The normalized spacial score (nSPS) is 11.8. The van der Waals surface area contributed by atoms with Crippen molar-refractivity contribution in [1.82, 2.24) is 0 Å². The van der Waals surface area contributed by atoms with Crippen LogP contribution in [-0.4, -0.2) is 17.2 Å². The Bertz CT molecular complexity index is 1180. The van der Waals surface area contributed by atoms with E-state index in [4.69, 9.17) is 14.6 Å². The molecule has 0 saturated carbocycles. The van der Waals surface area contributed by atoms with Gasteiger partial charge in [0.15, 0.2) is 6.10 Å². The van der Waals surface area contributed by atoms with E-state index >= 15 is 0 Å². The molecule has 4 aromatic rings. The topological polar surface area (TPSA) is 55.8 Å². The van der Waals surface area contributed by atoms with Crippen LogP contribution in [0.1, 0.15) is 6.92 Å². The fourth-order valence-electron chi connectivity index (χ4n) is 3.17. The molecule has 1 atom stereocenters. The van der Waals surface area contributed by atoms with Gasteiger partial charge in [-0.3, -0.25) is 0 Å². The van der Waals surface area contributed by atoms with Crippen LogP contribution < -0.4 is 9.47 Å². The van der Waals surface area contributed by atoms with Crippen LogP contribution in [0, 0.1) is 5.82 Å². The lowest BCUT2D eigenvalue weighted by atomic mass is 9.98. The van der Waals surface area contributed by atoms with Gasteiger partial charge in [-0.2, -0.15) is 0 Å². The molecule has 0 amide bonds. The molecule has 0 bridgehead atoms. The predicted octanol–water partition coefficient (Wildman–Crippen LogP) is 6.29. The molecule has 0 aliphatic heterocycles. The fraction of sp³-hybridized carbons (Fsp3) is 0.0800. The minimum Gasteiger partial charge on any atom is -0.479 e. The summed E-state index contributed by atoms with van der Waals surface area (Å²) in [6, 6.07) is 25.0. The number of carboxylic acid groups (broad SMARTS) is 1. The summed E-state index contributed by atoms with van der Waals surface area (Å²) in [4.78, 5) is 11.1. The minimum absolute atomic E-state index is 0.310. The summed E-state index contributed by atoms with van der Waals surface area (Å²) in [5.74, 6) is 0.379. The molecule has 0 spiro atoms. The van der Waals surface area contributed by atoms with E-state index < -0.39 is 12.1 Å². The van der Waals surface area contributed by atoms with Gasteiger partial charge in [0.1, 0.15) is 23.1 Å². The van der Waals surface area contributed by atoms with Crippen LogP contribution in [0.2, 0.25) is 0 Å². The standard InChI is InChI=1S/C25H19FO4/c1-16(25(27)28)29-22-12-7-17-3-2-4-23(24(17)15-22)18-5-10-20(11-6-18)30-21-13-8-19(26)9-14-21/h2-16H,1H3,(H,27,28)/t16-/m1/s1. The van der Waals surface area contributed by atoms with Gasteiger partial charge in [-0.05, 0) is 77.4 Å². The molecule has 4 aromatic carbocycles. The highest BCUT2D eigenvalue weighted by Gasteiger charge is 2.13. The average Bonchev–Trinajstić information content (AvgIpc) is 2.75. The number of carboxylic acids is 1. The maximum Gasteiger partial charge on any atom is 0.344 e. The Kier molecular flexibility index (Phi) is 5.35. The molecule has 0 fully saturated rings. The number of ether oxygens (including phenoxy) is 2. The lowest BCUT2D eigenvalue weighted by molar-refractivity contribution is -0.144. The molecule has 1 N–H and O–H groups in total. The fourth-order valence-corrected chi connectivity index (χ4v) is 3.17. The molecule has 150 valence electrons. The molecule has 0 aliphatic rings. The summed E-state index contributed by atoms with van der Waals surface area (Å²) < 4.78 is 24.3. The third-order valence-corrected chi connectivity index (χ3v) is 4.73. The smallest absolute Gasteiger partial charge is 0.344 e. The van der Waals surface area contributed by atoms with Crippen LogP contribution in [0.25, 0.3) is 21.9 Å². The summed E-state index contributed by atoms with van der Waals surface area (Å²) in [6.07, 6.45) is -0.933. The highest BCUT2D eigenvalue weighted by molar-refractivity contribution is 5.97. The zero-order valence-electron chi connectivity index (χ0n) is 16.2. The number of carbonyl (C=O) groups is 1. The Labute approximate surface area is 173 Å². The molecule has 0 aromatic heterocycles. The second kappa shape index (κ2) is 8.25. The van der Waals surface area contributed by atoms with Gasteiger partial charge in [-0.1, -0.05) is 36.4 Å². The molecule has 0 heterocycles. The van der Waals surface area contributed by atoms with Gasteiger partial charge in [0.2, 0.25) is 0 Å². The first kappa shape index (κ1) is 19.5. The number of fused-ring (bicyclic) bond motifs is 1. The first-order valence-corrected chi connectivity index (χ1v) is 9.46. The highest BCUT2D eigenvalue weighted by atomic mass is 19.1. The molecule has 0 aliphatic carbocycles. The van der Waals surface area contributed by atoms with E-state index in [9.17, 15) is 9.18 Å². The molecule has 0 saturated heterocycles. The van der Waals surface area contributed by atoms with Crippen molar-refractivity contribution in [3.8, 4) is 28.4 Å². The molecule has 5 heteroatoms. The number of hydrogen-bond donors (Lipinski definition) is 1. The third-order valence-electron chi connectivity index (χ3n) is 4.73. The van der Waals surface area contributed by atoms with Crippen molar-refractivity contribution < 1.29 is 23.8 Å². The van der Waals surface area contributed by atoms with Crippen LogP contribution >= 0.6 is 0 Å². The van der Waals surface area contributed by atoms with Crippen LogP contribution in [0.15, 0.2) is 84.9 Å². The van der Waals surface area contributed by atoms with Crippen molar-refractivity contribution in [2.45, 2.75) is 13.0 Å². The Morgan fingerprint density at radius 3 is 2.17 bits per heavy atom. The van der Waals surface area contributed by atoms with E-state index in [2.05, 4.69) is 0 Å². The summed E-state index contributed by atoms with van der Waals surface area (Å²) in [6.45, 7) is 1.50. The van der Waals surface area contributed by atoms with Crippen LogP contribution in [0.4, 0.5) is 4.39 Å². The van der Waals surface area contributed by atoms with E-state index in [1.165, 1.54) is 19.1 Å². The van der Waals surface area contributed by atoms with Crippen molar-refractivity contribution in [2.75, 3.05) is 0 Å². The van der Waals surface area contributed by atoms with Gasteiger partial charge in [0.25, 0.3) is 0 Å². The summed E-state index contributed by atoms with van der Waals surface area (Å²) >= 11 is 0. The van der Waals surface area contributed by atoms with Gasteiger partial charge in [0.05, 0.1) is 0 Å². The average molecular weight is 402 g/mol.